The minimum absolute atomic E-state index is 0.954. The molecule has 0 aromatic carbocycles. The first-order chi connectivity index (χ1) is 7.88. The first kappa shape index (κ1) is 13.5. The van der Waals surface area contributed by atoms with Crippen LogP contribution in [0.4, 0.5) is 0 Å². The van der Waals surface area contributed by atoms with Crippen molar-refractivity contribution in [3.63, 3.8) is 0 Å². The highest BCUT2D eigenvalue weighted by Crippen LogP contribution is 1.99. The van der Waals surface area contributed by atoms with Gasteiger partial charge in [0.2, 0.25) is 0 Å². The van der Waals surface area contributed by atoms with Crippen molar-refractivity contribution in [3.8, 4) is 0 Å². The molecule has 0 aliphatic heterocycles. The fourth-order valence-corrected chi connectivity index (χ4v) is 2.14. The van der Waals surface area contributed by atoms with Crippen molar-refractivity contribution in [2.24, 2.45) is 0 Å². The van der Waals surface area contributed by atoms with E-state index in [1.165, 1.54) is 17.9 Å². The Labute approximate surface area is 102 Å². The van der Waals surface area contributed by atoms with Crippen LogP contribution in [0.25, 0.3) is 0 Å². The third kappa shape index (κ3) is 4.99. The second-order valence-corrected chi connectivity index (χ2v) is 4.98. The number of rotatable bonds is 9. The van der Waals surface area contributed by atoms with E-state index in [-0.39, 0.29) is 0 Å². The van der Waals surface area contributed by atoms with E-state index in [0.717, 1.165) is 31.9 Å². The van der Waals surface area contributed by atoms with Gasteiger partial charge in [-0.3, -0.25) is 0 Å². The fourth-order valence-electron chi connectivity index (χ4n) is 1.51. The molecule has 92 valence electrons. The van der Waals surface area contributed by atoms with Crippen LogP contribution in [0.15, 0.2) is 6.33 Å². The Bertz CT molecular complexity index is 275. The molecule has 0 unspecified atom stereocenters. The molecule has 4 nitrogen and oxygen atoms in total. The van der Waals surface area contributed by atoms with Gasteiger partial charge in [0, 0.05) is 19.5 Å². The van der Waals surface area contributed by atoms with Crippen molar-refractivity contribution in [1.29, 1.82) is 0 Å². The zero-order chi connectivity index (χ0) is 11.6. The van der Waals surface area contributed by atoms with E-state index in [4.69, 9.17) is 0 Å². The number of nitrogens with zero attached hydrogens (tertiary/aromatic N) is 3. The van der Waals surface area contributed by atoms with E-state index in [2.05, 4.69) is 33.9 Å². The topological polar surface area (TPSA) is 42.7 Å². The normalized spacial score (nSPS) is 10.9. The number of aromatic nitrogens is 3. The summed E-state index contributed by atoms with van der Waals surface area (Å²) in [5.74, 6) is 3.56. The maximum absolute atomic E-state index is 4.10. The van der Waals surface area contributed by atoms with Crippen molar-refractivity contribution < 1.29 is 0 Å². The number of hydrogen-bond acceptors (Lipinski definition) is 4. The lowest BCUT2D eigenvalue weighted by Gasteiger charge is -2.05. The first-order valence-corrected chi connectivity index (χ1v) is 7.19. The van der Waals surface area contributed by atoms with Gasteiger partial charge in [0.25, 0.3) is 0 Å². The highest BCUT2D eigenvalue weighted by Gasteiger charge is 2.00. The van der Waals surface area contributed by atoms with Crippen molar-refractivity contribution in [3.05, 3.63) is 12.2 Å². The third-order valence-corrected chi connectivity index (χ3v) is 3.39. The van der Waals surface area contributed by atoms with Gasteiger partial charge >= 0.3 is 0 Å². The first-order valence-electron chi connectivity index (χ1n) is 6.03. The van der Waals surface area contributed by atoms with Gasteiger partial charge in [0.15, 0.2) is 0 Å². The van der Waals surface area contributed by atoms with E-state index < -0.39 is 0 Å². The van der Waals surface area contributed by atoms with Crippen molar-refractivity contribution >= 4 is 11.8 Å². The van der Waals surface area contributed by atoms with Crippen LogP contribution >= 0.6 is 11.8 Å². The molecule has 1 aromatic rings. The molecule has 0 saturated heterocycles. The molecule has 0 amide bonds. The summed E-state index contributed by atoms with van der Waals surface area (Å²) in [5.41, 5.74) is 0. The van der Waals surface area contributed by atoms with Crippen LogP contribution in [0.1, 0.15) is 26.1 Å². The summed E-state index contributed by atoms with van der Waals surface area (Å²) >= 11 is 2.00. The predicted molar refractivity (Wildman–Crippen MR) is 69.9 cm³/mol. The quantitative estimate of drug-likeness (QED) is 0.668. The van der Waals surface area contributed by atoms with Gasteiger partial charge in [0.1, 0.15) is 12.2 Å². The summed E-state index contributed by atoms with van der Waals surface area (Å²) in [4.78, 5) is 0. The molecule has 1 N–H and O–H groups in total. The molecule has 1 rings (SSSR count). The molecule has 16 heavy (non-hydrogen) atoms. The lowest BCUT2D eigenvalue weighted by atomic mass is 10.3. The minimum Gasteiger partial charge on any atom is -0.318 e. The van der Waals surface area contributed by atoms with Crippen LogP contribution in [0.3, 0.4) is 0 Å². The Kier molecular flexibility index (Phi) is 7.25. The van der Waals surface area contributed by atoms with E-state index in [0.29, 0.717) is 0 Å². The van der Waals surface area contributed by atoms with Crippen molar-refractivity contribution in [1.82, 2.24) is 20.1 Å². The largest absolute Gasteiger partial charge is 0.318 e. The average molecular weight is 242 g/mol. The SMILES string of the molecule is CCSCCCNCCc1nncn1CC. The molecule has 1 heterocycles. The maximum Gasteiger partial charge on any atom is 0.134 e. The third-order valence-electron chi connectivity index (χ3n) is 2.41. The predicted octanol–water partition coefficient (Wildman–Crippen LogP) is 1.57. The van der Waals surface area contributed by atoms with E-state index in [1.54, 1.807) is 6.33 Å². The number of hydrogen-bond donors (Lipinski definition) is 1. The summed E-state index contributed by atoms with van der Waals surface area (Å²) in [6.07, 6.45) is 4.01. The zero-order valence-electron chi connectivity index (χ0n) is 10.3. The second-order valence-electron chi connectivity index (χ2n) is 3.58. The fraction of sp³-hybridized carbons (Fsp3) is 0.818. The average Bonchev–Trinajstić information content (AvgIpc) is 2.75. The molecule has 0 atom stereocenters. The molecule has 0 aliphatic carbocycles. The van der Waals surface area contributed by atoms with Gasteiger partial charge in [-0.05, 0) is 31.4 Å². The molecule has 0 radical (unpaired) electrons. The molecule has 0 spiro atoms. The second kappa shape index (κ2) is 8.58. The smallest absolute Gasteiger partial charge is 0.134 e. The van der Waals surface area contributed by atoms with Crippen LogP contribution in [0.2, 0.25) is 0 Å². The van der Waals surface area contributed by atoms with Crippen LogP contribution in [-0.2, 0) is 13.0 Å². The highest BCUT2D eigenvalue weighted by atomic mass is 32.2. The minimum atomic E-state index is 0.954. The summed E-state index contributed by atoms with van der Waals surface area (Å²) in [6, 6.07) is 0. The maximum atomic E-state index is 4.10. The number of nitrogens with one attached hydrogen (secondary N) is 1. The van der Waals surface area contributed by atoms with Crippen LogP contribution < -0.4 is 5.32 Å². The molecule has 0 bridgehead atoms. The Hall–Kier alpha value is -0.550. The molecular formula is C11H22N4S. The summed E-state index contributed by atoms with van der Waals surface area (Å²) in [7, 11) is 0. The van der Waals surface area contributed by atoms with Gasteiger partial charge in [-0.25, -0.2) is 0 Å². The summed E-state index contributed by atoms with van der Waals surface area (Å²) in [5, 5.41) is 11.5. The van der Waals surface area contributed by atoms with Crippen molar-refractivity contribution in [2.75, 3.05) is 24.6 Å². The molecule has 5 heteroatoms. The molecule has 0 saturated carbocycles. The van der Waals surface area contributed by atoms with Gasteiger partial charge in [0.05, 0.1) is 0 Å². The monoisotopic (exact) mass is 242 g/mol. The standard InChI is InChI=1S/C11H22N4S/c1-3-15-10-13-14-11(15)6-8-12-7-5-9-16-4-2/h10,12H,3-9H2,1-2H3. The van der Waals surface area contributed by atoms with Crippen LogP contribution in [-0.4, -0.2) is 39.4 Å². The van der Waals surface area contributed by atoms with Gasteiger partial charge in [-0.15, -0.1) is 10.2 Å². The van der Waals surface area contributed by atoms with Gasteiger partial charge in [-0.1, -0.05) is 6.92 Å². The highest BCUT2D eigenvalue weighted by molar-refractivity contribution is 7.99. The van der Waals surface area contributed by atoms with E-state index >= 15 is 0 Å². The Morgan fingerprint density at radius 3 is 3.00 bits per heavy atom. The lowest BCUT2D eigenvalue weighted by molar-refractivity contribution is 0.628. The van der Waals surface area contributed by atoms with Gasteiger partial charge < -0.3 is 9.88 Å². The van der Waals surface area contributed by atoms with Crippen molar-refractivity contribution in [2.45, 2.75) is 33.2 Å². The molecule has 0 aliphatic rings. The van der Waals surface area contributed by atoms with E-state index in [9.17, 15) is 0 Å². The summed E-state index contributed by atoms with van der Waals surface area (Å²) in [6.45, 7) is 7.37. The van der Waals surface area contributed by atoms with Gasteiger partial charge in [-0.2, -0.15) is 11.8 Å². The summed E-state index contributed by atoms with van der Waals surface area (Å²) < 4.78 is 2.09. The molecule has 1 aromatic heterocycles. The Morgan fingerprint density at radius 2 is 2.25 bits per heavy atom. The molecular weight excluding hydrogens is 220 g/mol. The molecule has 0 fully saturated rings. The van der Waals surface area contributed by atoms with E-state index in [1.807, 2.05) is 11.8 Å². The Balaban J connectivity index is 2.03. The van der Waals surface area contributed by atoms with Crippen LogP contribution in [0.5, 0.6) is 0 Å². The number of aryl methyl sites for hydroxylation is 1. The van der Waals surface area contributed by atoms with Crippen LogP contribution in [0, 0.1) is 0 Å². The zero-order valence-corrected chi connectivity index (χ0v) is 11.1. The Morgan fingerprint density at radius 1 is 1.38 bits per heavy atom. The number of thioether (sulfide) groups is 1. The lowest BCUT2D eigenvalue weighted by Crippen LogP contribution is -2.20.